The minimum atomic E-state index is -4.90. The third-order valence-electron chi connectivity index (χ3n) is 7.85. The number of hydrogen-bond acceptors (Lipinski definition) is 5. The Labute approximate surface area is 238 Å². The smallest absolute Gasteiger partial charge is 0.321 e. The number of halogens is 4. The zero-order valence-electron chi connectivity index (χ0n) is 23.5. The topological polar surface area (TPSA) is 76.2 Å². The van der Waals surface area contributed by atoms with Crippen molar-refractivity contribution in [1.82, 2.24) is 19.0 Å². The van der Waals surface area contributed by atoms with Crippen LogP contribution in [0.2, 0.25) is 0 Å². The van der Waals surface area contributed by atoms with Gasteiger partial charge in [-0.15, -0.1) is 0 Å². The van der Waals surface area contributed by atoms with Crippen molar-refractivity contribution in [1.29, 1.82) is 0 Å². The highest BCUT2D eigenvalue weighted by Crippen LogP contribution is 2.33. The van der Waals surface area contributed by atoms with E-state index in [9.17, 15) is 30.8 Å². The minimum Gasteiger partial charge on any atom is -0.321 e. The molecule has 1 aliphatic carbocycles. The zero-order chi connectivity index (χ0) is 29.9. The zero-order valence-corrected chi connectivity index (χ0v) is 24.4. The molecule has 1 N–H and O–H groups in total. The van der Waals surface area contributed by atoms with Crippen molar-refractivity contribution in [2.45, 2.75) is 42.8 Å². The third kappa shape index (κ3) is 7.56. The number of benzene rings is 2. The number of sulfonamides is 1. The summed E-state index contributed by atoms with van der Waals surface area (Å²) in [6.45, 7) is 4.86. The van der Waals surface area contributed by atoms with Crippen LogP contribution in [0.4, 0.5) is 28.0 Å². The van der Waals surface area contributed by atoms with Crippen molar-refractivity contribution in [3.05, 3.63) is 58.9 Å². The van der Waals surface area contributed by atoms with E-state index in [1.807, 2.05) is 0 Å². The molecule has 4 rings (SSSR count). The maximum absolute atomic E-state index is 13.8. The lowest BCUT2D eigenvalue weighted by Crippen LogP contribution is -2.48. The molecule has 2 aromatic rings. The Morgan fingerprint density at radius 2 is 1.76 bits per heavy atom. The molecule has 13 heteroatoms. The number of anilines is 1. The van der Waals surface area contributed by atoms with Gasteiger partial charge >= 0.3 is 12.2 Å². The maximum atomic E-state index is 13.8. The highest BCUT2D eigenvalue weighted by molar-refractivity contribution is 7.89. The lowest BCUT2D eigenvalue weighted by atomic mass is 9.87. The van der Waals surface area contributed by atoms with Crippen molar-refractivity contribution >= 4 is 21.7 Å². The molecule has 1 atom stereocenters. The van der Waals surface area contributed by atoms with Gasteiger partial charge in [0.25, 0.3) is 0 Å². The lowest BCUT2D eigenvalue weighted by molar-refractivity contribution is -0.139. The molecule has 2 aliphatic rings. The highest BCUT2D eigenvalue weighted by atomic mass is 32.2. The predicted octanol–water partition coefficient (Wildman–Crippen LogP) is 4.12. The van der Waals surface area contributed by atoms with Gasteiger partial charge in [-0.05, 0) is 80.7 Å². The van der Waals surface area contributed by atoms with Crippen molar-refractivity contribution in [3.63, 3.8) is 0 Å². The number of hydrogen-bond donors (Lipinski definition) is 1. The van der Waals surface area contributed by atoms with Crippen LogP contribution in [0.3, 0.4) is 0 Å². The first-order chi connectivity index (χ1) is 19.3. The molecule has 0 saturated carbocycles. The molecular formula is C28H37F4N5O3S. The SMILES string of the molecule is CN1CCN(CCCN(C(=O)Nc2ccc(F)c(C(F)(F)F)c2)C2CCc3ccc(S(=O)(=O)N(C)C)cc3C2)CC1. The van der Waals surface area contributed by atoms with Gasteiger partial charge in [0, 0.05) is 58.5 Å². The molecule has 0 aromatic heterocycles. The van der Waals surface area contributed by atoms with Crippen molar-refractivity contribution in [2.75, 3.05) is 65.7 Å². The molecule has 41 heavy (non-hydrogen) atoms. The van der Waals surface area contributed by atoms with Crippen LogP contribution in [0, 0.1) is 5.82 Å². The molecule has 0 radical (unpaired) electrons. The van der Waals surface area contributed by atoms with Gasteiger partial charge in [-0.25, -0.2) is 21.9 Å². The van der Waals surface area contributed by atoms with Gasteiger partial charge in [0.2, 0.25) is 10.0 Å². The number of fused-ring (bicyclic) bond motifs is 1. The number of rotatable bonds is 8. The van der Waals surface area contributed by atoms with Gasteiger partial charge in [-0.3, -0.25) is 0 Å². The molecule has 1 fully saturated rings. The van der Waals surface area contributed by atoms with Crippen LogP contribution in [-0.4, -0.2) is 99.9 Å². The molecule has 1 unspecified atom stereocenters. The first kappa shape index (κ1) is 31.2. The number of aryl methyl sites for hydroxylation is 1. The second-order valence-corrected chi connectivity index (χ2v) is 13.1. The summed E-state index contributed by atoms with van der Waals surface area (Å²) < 4.78 is 80.2. The van der Waals surface area contributed by atoms with E-state index in [0.717, 1.165) is 54.2 Å². The number of piperazine rings is 1. The summed E-state index contributed by atoms with van der Waals surface area (Å²) in [7, 11) is 1.35. The van der Waals surface area contributed by atoms with E-state index < -0.39 is 33.6 Å². The fourth-order valence-corrected chi connectivity index (χ4v) is 6.31. The van der Waals surface area contributed by atoms with Crippen LogP contribution in [0.5, 0.6) is 0 Å². The largest absolute Gasteiger partial charge is 0.419 e. The van der Waals surface area contributed by atoms with Crippen molar-refractivity contribution in [2.24, 2.45) is 0 Å². The summed E-state index contributed by atoms with van der Waals surface area (Å²) in [5.41, 5.74) is 0.230. The summed E-state index contributed by atoms with van der Waals surface area (Å²) in [6.07, 6.45) is -2.59. The highest BCUT2D eigenvalue weighted by Gasteiger charge is 2.35. The van der Waals surface area contributed by atoms with Crippen LogP contribution in [0.1, 0.15) is 29.5 Å². The number of amides is 2. The van der Waals surface area contributed by atoms with Gasteiger partial charge in [0.15, 0.2) is 0 Å². The van der Waals surface area contributed by atoms with Crippen molar-refractivity contribution in [3.8, 4) is 0 Å². The lowest BCUT2D eigenvalue weighted by Gasteiger charge is -2.37. The summed E-state index contributed by atoms with van der Waals surface area (Å²) in [4.78, 5) is 19.9. The number of urea groups is 1. The number of alkyl halides is 3. The van der Waals surface area contributed by atoms with Gasteiger partial charge in [-0.1, -0.05) is 6.07 Å². The molecule has 226 valence electrons. The van der Waals surface area contributed by atoms with Crippen LogP contribution in [-0.2, 0) is 29.0 Å². The molecule has 1 aliphatic heterocycles. The van der Waals surface area contributed by atoms with E-state index in [1.54, 1.807) is 23.1 Å². The molecule has 2 amide bonds. The summed E-state index contributed by atoms with van der Waals surface area (Å²) in [6, 6.07) is 6.57. The van der Waals surface area contributed by atoms with Crippen LogP contribution in [0.15, 0.2) is 41.3 Å². The van der Waals surface area contributed by atoms with E-state index in [1.165, 1.54) is 14.1 Å². The van der Waals surface area contributed by atoms with E-state index in [4.69, 9.17) is 0 Å². The second-order valence-electron chi connectivity index (χ2n) is 10.9. The number of likely N-dealkylation sites (N-methyl/N-ethyl adjacent to an activating group) is 1. The number of nitrogens with zero attached hydrogens (tertiary/aromatic N) is 4. The Morgan fingerprint density at radius 1 is 1.05 bits per heavy atom. The Kier molecular flexibility index (Phi) is 9.62. The first-order valence-corrected chi connectivity index (χ1v) is 15.1. The maximum Gasteiger partial charge on any atom is 0.419 e. The first-order valence-electron chi connectivity index (χ1n) is 13.7. The van der Waals surface area contributed by atoms with Crippen LogP contribution < -0.4 is 5.32 Å². The Bertz CT molecular complexity index is 1340. The summed E-state index contributed by atoms with van der Waals surface area (Å²) >= 11 is 0. The monoisotopic (exact) mass is 599 g/mol. The average Bonchev–Trinajstić information content (AvgIpc) is 2.91. The van der Waals surface area contributed by atoms with E-state index >= 15 is 0 Å². The van der Waals surface area contributed by atoms with E-state index in [0.29, 0.717) is 44.4 Å². The predicted molar refractivity (Wildman–Crippen MR) is 149 cm³/mol. The molecule has 0 spiro atoms. The number of nitrogens with one attached hydrogen (secondary N) is 1. The number of carbonyl (C=O) groups excluding carboxylic acids is 1. The molecule has 2 aromatic carbocycles. The average molecular weight is 600 g/mol. The number of carbonyl (C=O) groups is 1. The van der Waals surface area contributed by atoms with E-state index in [-0.39, 0.29) is 16.6 Å². The molecule has 1 saturated heterocycles. The van der Waals surface area contributed by atoms with Gasteiger partial charge in [0.1, 0.15) is 5.82 Å². The Balaban J connectivity index is 1.55. The minimum absolute atomic E-state index is 0.150. The van der Waals surface area contributed by atoms with E-state index in [2.05, 4.69) is 22.2 Å². The summed E-state index contributed by atoms with van der Waals surface area (Å²) in [5, 5.41) is 2.55. The standard InChI is InChI=1S/C28H37F4N5O3S/c1-34(2)41(39,40)24-9-6-20-5-8-23(17-21(20)18-24)37(12-4-11-36-15-13-35(3)14-16-36)27(38)33-22-7-10-26(29)25(19-22)28(30,31)32/h6-7,9-10,18-19,23H,4-5,8,11-17H2,1-3H3,(H,33,38). The summed E-state index contributed by atoms with van der Waals surface area (Å²) in [5.74, 6) is -1.41. The van der Waals surface area contributed by atoms with Crippen LogP contribution >= 0.6 is 0 Å². The molecule has 0 bridgehead atoms. The third-order valence-corrected chi connectivity index (χ3v) is 9.66. The fourth-order valence-electron chi connectivity index (χ4n) is 5.35. The van der Waals surface area contributed by atoms with Gasteiger partial charge in [-0.2, -0.15) is 13.2 Å². The normalized spacial score (nSPS) is 18.8. The van der Waals surface area contributed by atoms with Gasteiger partial charge in [0.05, 0.1) is 10.5 Å². The second kappa shape index (κ2) is 12.6. The molecular weight excluding hydrogens is 562 g/mol. The Hall–Kier alpha value is -2.74. The fraction of sp³-hybridized carbons (Fsp3) is 0.536. The van der Waals surface area contributed by atoms with Gasteiger partial charge < -0.3 is 20.0 Å². The van der Waals surface area contributed by atoms with Crippen LogP contribution in [0.25, 0.3) is 0 Å². The Morgan fingerprint density at radius 3 is 2.41 bits per heavy atom. The molecule has 1 heterocycles. The quantitative estimate of drug-likeness (QED) is 0.462. The van der Waals surface area contributed by atoms with Crippen molar-refractivity contribution < 1.29 is 30.8 Å². The molecule has 8 nitrogen and oxygen atoms in total.